The fourth-order valence-electron chi connectivity index (χ4n) is 1.31. The second-order valence-corrected chi connectivity index (χ2v) is 4.84. The number of nitrogens with zero attached hydrogens (tertiary/aromatic N) is 2. The summed E-state index contributed by atoms with van der Waals surface area (Å²) in [7, 11) is 0. The first-order chi connectivity index (χ1) is 8.51. The lowest BCUT2D eigenvalue weighted by Crippen LogP contribution is -2.34. The van der Waals surface area contributed by atoms with Gasteiger partial charge in [0.25, 0.3) is 0 Å². The zero-order valence-corrected chi connectivity index (χ0v) is 11.1. The largest absolute Gasteiger partial charge is 0.492 e. The first kappa shape index (κ1) is 14.4. The molecule has 0 saturated heterocycles. The number of hydrogen-bond donors (Lipinski definition) is 0. The highest BCUT2D eigenvalue weighted by atomic mass is 16.7. The molecule has 1 heterocycles. The number of ether oxygens (including phenoxy) is 1. The molecule has 1 amide bonds. The molecular formula is C13H20N2O3. The van der Waals surface area contributed by atoms with Gasteiger partial charge in [-0.15, -0.1) is 0 Å². The van der Waals surface area contributed by atoms with E-state index in [1.54, 1.807) is 12.4 Å². The molecule has 0 aliphatic heterocycles. The molecule has 5 nitrogen and oxygen atoms in total. The van der Waals surface area contributed by atoms with Crippen molar-refractivity contribution in [3.05, 3.63) is 24.5 Å². The molecule has 18 heavy (non-hydrogen) atoms. The number of hydrogen-bond acceptors (Lipinski definition) is 4. The summed E-state index contributed by atoms with van der Waals surface area (Å²) in [5.74, 6) is 0.729. The van der Waals surface area contributed by atoms with Crippen molar-refractivity contribution in [2.75, 3.05) is 13.2 Å². The minimum atomic E-state index is -0.370. The Morgan fingerprint density at radius 2 is 2.22 bits per heavy atom. The Morgan fingerprint density at radius 3 is 2.78 bits per heavy atom. The molecule has 0 radical (unpaired) electrons. The predicted octanol–water partition coefficient (Wildman–Crippen LogP) is 2.04. The Kier molecular flexibility index (Phi) is 5.58. The van der Waals surface area contributed by atoms with Gasteiger partial charge in [0.1, 0.15) is 5.75 Å². The highest BCUT2D eigenvalue weighted by molar-refractivity contribution is 5.44. The molecule has 0 fully saturated rings. The Bertz CT molecular complexity index is 349. The second-order valence-electron chi connectivity index (χ2n) is 4.84. The smallest absolute Gasteiger partial charge is 0.233 e. The standard InChI is InChI=1S/C13H20N2O3/c1-13(2,3)18-15(11-16)8-5-9-17-12-6-4-7-14-10-12/h4,6-7,10-11H,5,8-9H2,1-3H3. The zero-order valence-electron chi connectivity index (χ0n) is 11.1. The third-order valence-corrected chi connectivity index (χ3v) is 1.93. The maximum absolute atomic E-state index is 10.8. The number of hydroxylamine groups is 2. The minimum absolute atomic E-state index is 0.370. The first-order valence-corrected chi connectivity index (χ1v) is 5.95. The summed E-state index contributed by atoms with van der Waals surface area (Å²) in [6, 6.07) is 3.66. The van der Waals surface area contributed by atoms with Gasteiger partial charge in [-0.3, -0.25) is 14.6 Å². The molecule has 0 saturated carbocycles. The first-order valence-electron chi connectivity index (χ1n) is 5.95. The topological polar surface area (TPSA) is 51.7 Å². The van der Waals surface area contributed by atoms with Gasteiger partial charge < -0.3 is 4.74 Å². The van der Waals surface area contributed by atoms with Crippen LogP contribution in [0.2, 0.25) is 0 Å². The molecule has 0 spiro atoms. The molecular weight excluding hydrogens is 232 g/mol. The molecule has 0 aliphatic rings. The third-order valence-electron chi connectivity index (χ3n) is 1.93. The van der Waals surface area contributed by atoms with E-state index in [9.17, 15) is 4.79 Å². The van der Waals surface area contributed by atoms with Crippen molar-refractivity contribution in [2.24, 2.45) is 0 Å². The van der Waals surface area contributed by atoms with Crippen LogP contribution in [0.3, 0.4) is 0 Å². The molecule has 1 aromatic rings. The number of pyridine rings is 1. The number of carbonyl (C=O) groups excluding carboxylic acids is 1. The van der Waals surface area contributed by atoms with E-state index in [0.717, 1.165) is 5.75 Å². The second kappa shape index (κ2) is 6.96. The van der Waals surface area contributed by atoms with Gasteiger partial charge in [-0.1, -0.05) is 0 Å². The summed E-state index contributed by atoms with van der Waals surface area (Å²) < 4.78 is 5.47. The van der Waals surface area contributed by atoms with Crippen LogP contribution in [-0.4, -0.2) is 35.2 Å². The Hall–Kier alpha value is -1.62. The van der Waals surface area contributed by atoms with E-state index in [1.165, 1.54) is 5.06 Å². The van der Waals surface area contributed by atoms with Crippen LogP contribution < -0.4 is 4.74 Å². The monoisotopic (exact) mass is 252 g/mol. The van der Waals surface area contributed by atoms with Crippen LogP contribution in [0.5, 0.6) is 5.75 Å². The molecule has 0 aromatic carbocycles. The van der Waals surface area contributed by atoms with E-state index >= 15 is 0 Å². The minimum Gasteiger partial charge on any atom is -0.492 e. The van der Waals surface area contributed by atoms with Crippen LogP contribution in [0.1, 0.15) is 27.2 Å². The van der Waals surface area contributed by atoms with Gasteiger partial charge >= 0.3 is 0 Å². The van der Waals surface area contributed by atoms with Crippen molar-refractivity contribution in [3.8, 4) is 5.75 Å². The third kappa shape index (κ3) is 6.20. The van der Waals surface area contributed by atoms with Crippen molar-refractivity contribution in [1.82, 2.24) is 10.0 Å². The maximum Gasteiger partial charge on any atom is 0.233 e. The fraction of sp³-hybridized carbons (Fsp3) is 0.538. The van der Waals surface area contributed by atoms with Crippen molar-refractivity contribution in [1.29, 1.82) is 0 Å². The summed E-state index contributed by atoms with van der Waals surface area (Å²) in [5, 5.41) is 1.30. The van der Waals surface area contributed by atoms with Gasteiger partial charge in [0.05, 0.1) is 24.9 Å². The van der Waals surface area contributed by atoms with Gasteiger partial charge in [0, 0.05) is 12.6 Å². The number of rotatable bonds is 7. The van der Waals surface area contributed by atoms with Crippen LogP contribution in [-0.2, 0) is 9.63 Å². The SMILES string of the molecule is CC(C)(C)ON(C=O)CCCOc1cccnc1. The van der Waals surface area contributed by atoms with Gasteiger partial charge in [-0.2, -0.15) is 0 Å². The molecule has 0 atom stereocenters. The van der Waals surface area contributed by atoms with Crippen LogP contribution in [0, 0.1) is 0 Å². The van der Waals surface area contributed by atoms with E-state index in [2.05, 4.69) is 4.98 Å². The summed E-state index contributed by atoms with van der Waals surface area (Å²) in [4.78, 5) is 20.2. The number of aromatic nitrogens is 1. The van der Waals surface area contributed by atoms with Gasteiger partial charge in [-0.25, -0.2) is 5.06 Å². The lowest BCUT2D eigenvalue weighted by molar-refractivity contribution is -0.216. The number of amides is 1. The fourth-order valence-corrected chi connectivity index (χ4v) is 1.31. The lowest BCUT2D eigenvalue weighted by Gasteiger charge is -2.26. The molecule has 0 unspecified atom stereocenters. The van der Waals surface area contributed by atoms with E-state index in [-0.39, 0.29) is 5.60 Å². The summed E-state index contributed by atoms with van der Waals surface area (Å²) >= 11 is 0. The highest BCUT2D eigenvalue weighted by Gasteiger charge is 2.15. The molecule has 1 aromatic heterocycles. The average Bonchev–Trinajstić information content (AvgIpc) is 2.33. The Morgan fingerprint density at radius 1 is 1.44 bits per heavy atom. The predicted molar refractivity (Wildman–Crippen MR) is 68.0 cm³/mol. The molecule has 100 valence electrons. The number of carbonyl (C=O) groups is 1. The van der Waals surface area contributed by atoms with Crippen LogP contribution in [0.4, 0.5) is 0 Å². The maximum atomic E-state index is 10.8. The van der Waals surface area contributed by atoms with Crippen molar-refractivity contribution < 1.29 is 14.4 Å². The summed E-state index contributed by atoms with van der Waals surface area (Å²) in [6.45, 7) is 6.71. The van der Waals surface area contributed by atoms with E-state index in [4.69, 9.17) is 9.57 Å². The molecule has 0 N–H and O–H groups in total. The van der Waals surface area contributed by atoms with Crippen molar-refractivity contribution in [3.63, 3.8) is 0 Å². The molecule has 0 bridgehead atoms. The summed E-state index contributed by atoms with van der Waals surface area (Å²) in [6.07, 6.45) is 4.74. The molecule has 0 aliphatic carbocycles. The van der Waals surface area contributed by atoms with Crippen LogP contribution >= 0.6 is 0 Å². The normalized spacial score (nSPS) is 11.1. The molecule has 1 rings (SSSR count). The Balaban J connectivity index is 2.22. The van der Waals surface area contributed by atoms with E-state index in [0.29, 0.717) is 26.0 Å². The van der Waals surface area contributed by atoms with Gasteiger partial charge in [0.2, 0.25) is 6.41 Å². The van der Waals surface area contributed by atoms with E-state index < -0.39 is 0 Å². The van der Waals surface area contributed by atoms with Gasteiger partial charge in [0.15, 0.2) is 0 Å². The highest BCUT2D eigenvalue weighted by Crippen LogP contribution is 2.10. The van der Waals surface area contributed by atoms with Crippen LogP contribution in [0.25, 0.3) is 0 Å². The van der Waals surface area contributed by atoms with E-state index in [1.807, 2.05) is 32.9 Å². The Labute approximate surface area is 108 Å². The quantitative estimate of drug-likeness (QED) is 0.423. The average molecular weight is 252 g/mol. The zero-order chi connectivity index (χ0) is 13.4. The van der Waals surface area contributed by atoms with Gasteiger partial charge in [-0.05, 0) is 32.9 Å². The summed E-state index contributed by atoms with van der Waals surface area (Å²) in [5.41, 5.74) is -0.370. The molecule has 5 heteroatoms. The van der Waals surface area contributed by atoms with Crippen molar-refractivity contribution in [2.45, 2.75) is 32.8 Å². The van der Waals surface area contributed by atoms with Crippen LogP contribution in [0.15, 0.2) is 24.5 Å². The van der Waals surface area contributed by atoms with Crippen molar-refractivity contribution >= 4 is 6.41 Å². The lowest BCUT2D eigenvalue weighted by atomic mass is 10.2.